The molecule has 8 nitrogen and oxygen atoms in total. The van der Waals surface area contributed by atoms with Gasteiger partial charge in [-0.2, -0.15) is 0 Å². The molecule has 0 aromatic heterocycles. The van der Waals surface area contributed by atoms with E-state index in [2.05, 4.69) is 5.32 Å². The second-order valence-corrected chi connectivity index (χ2v) is 5.79. The molecule has 2 aromatic rings. The molecule has 2 amide bonds. The third kappa shape index (κ3) is 5.75. The smallest absolute Gasteiger partial charge is 0.273 e. The Kier molecular flexibility index (Phi) is 6.51. The van der Waals surface area contributed by atoms with Gasteiger partial charge in [0, 0.05) is 23.8 Å². The molecule has 0 aliphatic heterocycles. The number of carbonyl (C=O) groups excluding carboxylic acids is 2. The molecule has 2 aromatic carbocycles. The fourth-order valence-corrected chi connectivity index (χ4v) is 2.20. The lowest BCUT2D eigenvalue weighted by Gasteiger charge is -2.17. The Balaban J connectivity index is 1.84. The number of ether oxygens (including phenoxy) is 1. The van der Waals surface area contributed by atoms with Crippen molar-refractivity contribution in [2.75, 3.05) is 25.5 Å². The van der Waals surface area contributed by atoms with Crippen molar-refractivity contribution in [3.05, 3.63) is 63.7 Å². The lowest BCUT2D eigenvalue weighted by atomic mass is 10.3. The van der Waals surface area contributed by atoms with Crippen LogP contribution in [0.4, 0.5) is 11.4 Å². The molecule has 0 aliphatic carbocycles. The molecule has 136 valence electrons. The van der Waals surface area contributed by atoms with Crippen molar-refractivity contribution in [1.82, 2.24) is 4.90 Å². The Morgan fingerprint density at radius 2 is 1.96 bits per heavy atom. The Hall–Kier alpha value is -3.13. The van der Waals surface area contributed by atoms with E-state index in [1.54, 1.807) is 24.3 Å². The van der Waals surface area contributed by atoms with Gasteiger partial charge in [0.1, 0.15) is 5.75 Å². The van der Waals surface area contributed by atoms with E-state index in [1.165, 1.54) is 36.2 Å². The van der Waals surface area contributed by atoms with Crippen LogP contribution in [0.2, 0.25) is 5.02 Å². The molecule has 0 fully saturated rings. The quantitative estimate of drug-likeness (QED) is 0.590. The fraction of sp³-hybridized carbons (Fsp3) is 0.176. The van der Waals surface area contributed by atoms with Crippen molar-refractivity contribution in [3.63, 3.8) is 0 Å². The van der Waals surface area contributed by atoms with Gasteiger partial charge in [0.2, 0.25) is 5.91 Å². The van der Waals surface area contributed by atoms with Crippen LogP contribution in [0.3, 0.4) is 0 Å². The van der Waals surface area contributed by atoms with E-state index in [0.29, 0.717) is 10.7 Å². The molecule has 1 N–H and O–H groups in total. The average molecular weight is 378 g/mol. The monoisotopic (exact) mass is 377 g/mol. The first-order valence-electron chi connectivity index (χ1n) is 7.52. The summed E-state index contributed by atoms with van der Waals surface area (Å²) in [5, 5.41) is 13.8. The fourth-order valence-electron chi connectivity index (χ4n) is 2.01. The van der Waals surface area contributed by atoms with E-state index in [-0.39, 0.29) is 24.6 Å². The third-order valence-corrected chi connectivity index (χ3v) is 3.54. The summed E-state index contributed by atoms with van der Waals surface area (Å²) in [4.78, 5) is 35.4. The minimum absolute atomic E-state index is 0.135. The number of hydrogen-bond acceptors (Lipinski definition) is 5. The van der Waals surface area contributed by atoms with Gasteiger partial charge >= 0.3 is 0 Å². The van der Waals surface area contributed by atoms with Gasteiger partial charge in [-0.1, -0.05) is 23.7 Å². The maximum Gasteiger partial charge on any atom is 0.273 e. The summed E-state index contributed by atoms with van der Waals surface area (Å²) in [5.74, 6) is -0.638. The largest absolute Gasteiger partial charge is 0.484 e. The van der Waals surface area contributed by atoms with Crippen LogP contribution in [0.15, 0.2) is 48.5 Å². The summed E-state index contributed by atoms with van der Waals surface area (Å²) in [6.45, 7) is -0.522. The molecule has 26 heavy (non-hydrogen) atoms. The molecule has 0 heterocycles. The van der Waals surface area contributed by atoms with Crippen LogP contribution in [0.1, 0.15) is 0 Å². The SMILES string of the molecule is CN(CC(=O)Nc1cccc(Cl)c1)C(=O)COc1cccc([N+](=O)[O-])c1. The molecule has 0 saturated carbocycles. The third-order valence-electron chi connectivity index (χ3n) is 3.31. The van der Waals surface area contributed by atoms with E-state index < -0.39 is 16.7 Å². The number of hydrogen-bond donors (Lipinski definition) is 1. The van der Waals surface area contributed by atoms with E-state index in [1.807, 2.05) is 0 Å². The first-order valence-corrected chi connectivity index (χ1v) is 7.89. The van der Waals surface area contributed by atoms with Gasteiger partial charge in [0.05, 0.1) is 17.5 Å². The van der Waals surface area contributed by atoms with Gasteiger partial charge in [-0.25, -0.2) is 0 Å². The highest BCUT2D eigenvalue weighted by molar-refractivity contribution is 6.30. The lowest BCUT2D eigenvalue weighted by Crippen LogP contribution is -2.37. The maximum atomic E-state index is 12.0. The molecule has 2 rings (SSSR count). The maximum absolute atomic E-state index is 12.0. The zero-order valence-electron chi connectivity index (χ0n) is 13.8. The second kappa shape index (κ2) is 8.82. The van der Waals surface area contributed by atoms with Gasteiger partial charge in [-0.05, 0) is 24.3 Å². The lowest BCUT2D eigenvalue weighted by molar-refractivity contribution is -0.384. The van der Waals surface area contributed by atoms with Crippen LogP contribution in [-0.2, 0) is 9.59 Å². The second-order valence-electron chi connectivity index (χ2n) is 5.35. The molecule has 0 spiro atoms. The number of carbonyl (C=O) groups is 2. The molecule has 0 saturated heterocycles. The highest BCUT2D eigenvalue weighted by Gasteiger charge is 2.15. The molecule has 0 bridgehead atoms. The van der Waals surface area contributed by atoms with E-state index in [0.717, 1.165) is 0 Å². The van der Waals surface area contributed by atoms with Crippen LogP contribution in [0, 0.1) is 10.1 Å². The number of nitro groups is 1. The standard InChI is InChI=1S/C17H16ClN3O5/c1-20(10-16(22)19-13-5-2-4-12(18)8-13)17(23)11-26-15-7-3-6-14(9-15)21(24)25/h2-9H,10-11H2,1H3,(H,19,22). The number of anilines is 1. The van der Waals surface area contributed by atoms with Crippen molar-refractivity contribution < 1.29 is 19.2 Å². The van der Waals surface area contributed by atoms with Gasteiger partial charge in [-0.3, -0.25) is 19.7 Å². The molecule has 0 radical (unpaired) electrons. The summed E-state index contributed by atoms with van der Waals surface area (Å²) in [6, 6.07) is 12.1. The van der Waals surface area contributed by atoms with Crippen LogP contribution in [0.5, 0.6) is 5.75 Å². The van der Waals surface area contributed by atoms with E-state index in [4.69, 9.17) is 16.3 Å². The number of nitro benzene ring substituents is 1. The van der Waals surface area contributed by atoms with Gasteiger partial charge in [-0.15, -0.1) is 0 Å². The minimum Gasteiger partial charge on any atom is -0.484 e. The Morgan fingerprint density at radius 3 is 2.65 bits per heavy atom. The highest BCUT2D eigenvalue weighted by atomic mass is 35.5. The van der Waals surface area contributed by atoms with E-state index in [9.17, 15) is 19.7 Å². The van der Waals surface area contributed by atoms with Gasteiger partial charge in [0.25, 0.3) is 11.6 Å². The number of nitrogens with zero attached hydrogens (tertiary/aromatic N) is 2. The zero-order valence-corrected chi connectivity index (χ0v) is 14.6. The van der Waals surface area contributed by atoms with Crippen LogP contribution < -0.4 is 10.1 Å². The molecular formula is C17H16ClN3O5. The summed E-state index contributed by atoms with van der Waals surface area (Å²) in [6.07, 6.45) is 0. The topological polar surface area (TPSA) is 102 Å². The minimum atomic E-state index is -0.555. The predicted octanol–water partition coefficient (Wildman–Crippen LogP) is 2.72. The van der Waals surface area contributed by atoms with Crippen molar-refractivity contribution in [1.29, 1.82) is 0 Å². The van der Waals surface area contributed by atoms with Gasteiger partial charge < -0.3 is 15.0 Å². The number of nitrogens with one attached hydrogen (secondary N) is 1. The molecule has 9 heteroatoms. The Labute approximate surface area is 154 Å². The molecule has 0 atom stereocenters. The van der Waals surface area contributed by atoms with Crippen LogP contribution in [-0.4, -0.2) is 41.8 Å². The highest BCUT2D eigenvalue weighted by Crippen LogP contribution is 2.19. The number of benzene rings is 2. The Bertz CT molecular complexity index is 828. The first-order chi connectivity index (χ1) is 12.3. The molecule has 0 aliphatic rings. The van der Waals surface area contributed by atoms with Crippen molar-refractivity contribution in [2.24, 2.45) is 0 Å². The summed E-state index contributed by atoms with van der Waals surface area (Å²) in [5.41, 5.74) is 0.389. The molecular weight excluding hydrogens is 362 g/mol. The summed E-state index contributed by atoms with van der Waals surface area (Å²) < 4.78 is 5.25. The van der Waals surface area contributed by atoms with E-state index >= 15 is 0 Å². The Morgan fingerprint density at radius 1 is 1.23 bits per heavy atom. The number of rotatable bonds is 7. The summed E-state index contributed by atoms with van der Waals surface area (Å²) >= 11 is 5.84. The number of non-ortho nitro benzene ring substituents is 1. The van der Waals surface area contributed by atoms with Crippen molar-refractivity contribution in [2.45, 2.75) is 0 Å². The van der Waals surface area contributed by atoms with Crippen LogP contribution >= 0.6 is 11.6 Å². The normalized spacial score (nSPS) is 10.1. The van der Waals surface area contributed by atoms with Crippen LogP contribution in [0.25, 0.3) is 0 Å². The zero-order chi connectivity index (χ0) is 19.1. The number of halogens is 1. The molecule has 0 unspecified atom stereocenters. The van der Waals surface area contributed by atoms with Crippen molar-refractivity contribution >= 4 is 34.8 Å². The number of likely N-dealkylation sites (N-methyl/N-ethyl adjacent to an activating group) is 1. The first kappa shape index (κ1) is 19.2. The summed E-state index contributed by atoms with van der Waals surface area (Å²) in [7, 11) is 1.46. The average Bonchev–Trinajstić information content (AvgIpc) is 2.59. The number of amides is 2. The van der Waals surface area contributed by atoms with Crippen molar-refractivity contribution in [3.8, 4) is 5.75 Å². The predicted molar refractivity (Wildman–Crippen MR) is 96.3 cm³/mol. The van der Waals surface area contributed by atoms with Gasteiger partial charge in [0.15, 0.2) is 6.61 Å².